The second-order valence-electron chi connectivity index (χ2n) is 10.3. The lowest BCUT2D eigenvalue weighted by molar-refractivity contribution is -0.147. The van der Waals surface area contributed by atoms with Crippen LogP contribution in [0, 0.1) is 12.8 Å². The van der Waals surface area contributed by atoms with Crippen LogP contribution >= 0.6 is 0 Å². The van der Waals surface area contributed by atoms with Crippen molar-refractivity contribution in [1.29, 1.82) is 0 Å². The van der Waals surface area contributed by atoms with Crippen LogP contribution in [0.15, 0.2) is 71.3 Å². The smallest absolute Gasteiger partial charge is 0.306 e. The molecule has 37 heavy (non-hydrogen) atoms. The normalized spacial score (nSPS) is 20.6. The van der Waals surface area contributed by atoms with E-state index in [1.807, 2.05) is 24.3 Å². The number of carboxylic acid groups (broad SMARTS) is 1. The molecule has 188 valence electrons. The lowest BCUT2D eigenvalue weighted by Gasteiger charge is -2.44. The second kappa shape index (κ2) is 9.60. The van der Waals surface area contributed by atoms with Gasteiger partial charge in [0, 0.05) is 23.2 Å². The van der Waals surface area contributed by atoms with Gasteiger partial charge in [0.15, 0.2) is 0 Å². The Morgan fingerprint density at radius 3 is 2.54 bits per heavy atom. The monoisotopic (exact) mass is 493 g/mol. The van der Waals surface area contributed by atoms with Gasteiger partial charge in [0.25, 0.3) is 5.89 Å². The summed E-state index contributed by atoms with van der Waals surface area (Å²) in [5.74, 6) is 0.270. The number of rotatable bonds is 7. The molecule has 1 fully saturated rings. The van der Waals surface area contributed by atoms with Gasteiger partial charge in [-0.2, -0.15) is 4.98 Å². The Bertz CT molecular complexity index is 1440. The Kier molecular flexibility index (Phi) is 6.13. The van der Waals surface area contributed by atoms with Crippen molar-refractivity contribution in [2.75, 3.05) is 6.54 Å². The quantitative estimate of drug-likeness (QED) is 0.314. The lowest BCUT2D eigenvalue weighted by Crippen LogP contribution is -2.48. The summed E-state index contributed by atoms with van der Waals surface area (Å²) in [6.45, 7) is 5.21. The number of aryl methyl sites for hydroxylation is 2. The molecule has 0 amide bonds. The zero-order valence-corrected chi connectivity index (χ0v) is 21.2. The third-order valence-electron chi connectivity index (χ3n) is 8.13. The average molecular weight is 494 g/mol. The van der Waals surface area contributed by atoms with Crippen LogP contribution in [0.2, 0.25) is 0 Å². The number of aromatic nitrogens is 2. The zero-order chi connectivity index (χ0) is 25.5. The third kappa shape index (κ3) is 4.36. The highest BCUT2D eigenvalue weighted by Crippen LogP contribution is 2.43. The van der Waals surface area contributed by atoms with Crippen molar-refractivity contribution in [3.05, 3.63) is 83.4 Å². The molecule has 3 aromatic carbocycles. The summed E-state index contributed by atoms with van der Waals surface area (Å²) in [5, 5.41) is 13.6. The van der Waals surface area contributed by atoms with Crippen molar-refractivity contribution in [2.24, 2.45) is 5.92 Å². The van der Waals surface area contributed by atoms with E-state index in [0.717, 1.165) is 48.9 Å². The topological polar surface area (TPSA) is 79.5 Å². The Hall–Kier alpha value is -3.77. The molecule has 6 rings (SSSR count). The molecule has 0 bridgehead atoms. The number of carboxylic acids is 1. The molecule has 1 heterocycles. The summed E-state index contributed by atoms with van der Waals surface area (Å²) in [6, 6.07) is 23.8. The largest absolute Gasteiger partial charge is 0.481 e. The minimum absolute atomic E-state index is 0.187. The molecule has 0 saturated heterocycles. The summed E-state index contributed by atoms with van der Waals surface area (Å²) in [7, 11) is 0. The number of nitrogens with zero attached hydrogens (tertiary/aromatic N) is 3. The highest BCUT2D eigenvalue weighted by atomic mass is 16.5. The molecule has 4 aromatic rings. The van der Waals surface area contributed by atoms with Crippen molar-refractivity contribution < 1.29 is 14.4 Å². The molecule has 0 aliphatic heterocycles. The molecule has 2 aliphatic rings. The van der Waals surface area contributed by atoms with E-state index in [4.69, 9.17) is 9.51 Å². The highest BCUT2D eigenvalue weighted by Gasteiger charge is 2.41. The lowest BCUT2D eigenvalue weighted by atomic mass is 9.78. The van der Waals surface area contributed by atoms with Gasteiger partial charge < -0.3 is 9.63 Å². The molecule has 0 spiro atoms. The van der Waals surface area contributed by atoms with Gasteiger partial charge in [0.2, 0.25) is 5.82 Å². The Balaban J connectivity index is 1.21. The zero-order valence-electron chi connectivity index (χ0n) is 21.2. The number of benzene rings is 3. The number of hydrogen-bond donors (Lipinski definition) is 1. The van der Waals surface area contributed by atoms with Crippen LogP contribution in [-0.4, -0.2) is 38.7 Å². The molecular formula is C31H31N3O3. The predicted octanol–water partition coefficient (Wildman–Crippen LogP) is 6.55. The molecule has 0 radical (unpaired) electrons. The SMILES string of the molecule is CCN(C1CC(C(=O)O)C1)C1CCc2cc(-c3noc(-c4ccc(-c5ccccc5)c(C)c4)n3)ccc21. The van der Waals surface area contributed by atoms with E-state index in [2.05, 4.69) is 66.4 Å². The first-order chi connectivity index (χ1) is 18.0. The molecular weight excluding hydrogens is 462 g/mol. The van der Waals surface area contributed by atoms with Gasteiger partial charge in [-0.25, -0.2) is 0 Å². The van der Waals surface area contributed by atoms with E-state index in [0.29, 0.717) is 23.8 Å². The Labute approximate surface area is 217 Å². The van der Waals surface area contributed by atoms with E-state index in [9.17, 15) is 9.90 Å². The van der Waals surface area contributed by atoms with E-state index >= 15 is 0 Å². The molecule has 1 saturated carbocycles. The number of fused-ring (bicyclic) bond motifs is 1. The molecule has 1 N–H and O–H groups in total. The van der Waals surface area contributed by atoms with Crippen molar-refractivity contribution in [2.45, 2.75) is 51.6 Å². The number of carbonyl (C=O) groups is 1. The van der Waals surface area contributed by atoms with Crippen molar-refractivity contribution >= 4 is 5.97 Å². The summed E-state index contributed by atoms with van der Waals surface area (Å²) >= 11 is 0. The number of hydrogen-bond acceptors (Lipinski definition) is 5. The van der Waals surface area contributed by atoms with Gasteiger partial charge in [0.05, 0.1) is 5.92 Å². The first-order valence-electron chi connectivity index (χ1n) is 13.1. The molecule has 2 aliphatic carbocycles. The van der Waals surface area contributed by atoms with Crippen LogP contribution in [0.5, 0.6) is 0 Å². The standard InChI is InChI=1S/C31H31N3O3/c1-3-34(25-17-24(18-25)31(35)36)28-14-11-21-16-22(9-13-27(21)28)29-32-30(37-33-29)23-10-12-26(19(2)15-23)20-7-5-4-6-8-20/h4-10,12-13,15-16,24-25,28H,3,11,14,17-18H2,1-2H3,(H,35,36). The van der Waals surface area contributed by atoms with Crippen molar-refractivity contribution in [3.63, 3.8) is 0 Å². The fourth-order valence-corrected chi connectivity index (χ4v) is 6.07. The first kappa shape index (κ1) is 23.6. The van der Waals surface area contributed by atoms with E-state index in [1.54, 1.807) is 0 Å². The molecule has 1 aromatic heterocycles. The van der Waals surface area contributed by atoms with Crippen LogP contribution < -0.4 is 0 Å². The van der Waals surface area contributed by atoms with Gasteiger partial charge in [-0.05, 0) is 85.2 Å². The van der Waals surface area contributed by atoms with Crippen LogP contribution in [0.4, 0.5) is 0 Å². The average Bonchev–Trinajstić information content (AvgIpc) is 3.53. The van der Waals surface area contributed by atoms with Gasteiger partial charge in [0.1, 0.15) is 0 Å². The Morgan fingerprint density at radius 2 is 1.81 bits per heavy atom. The summed E-state index contributed by atoms with van der Waals surface area (Å²) in [6.07, 6.45) is 3.57. The molecule has 6 nitrogen and oxygen atoms in total. The number of aliphatic carboxylic acids is 1. The molecule has 6 heteroatoms. The van der Waals surface area contributed by atoms with E-state index < -0.39 is 5.97 Å². The van der Waals surface area contributed by atoms with E-state index in [-0.39, 0.29) is 5.92 Å². The predicted molar refractivity (Wildman–Crippen MR) is 143 cm³/mol. The summed E-state index contributed by atoms with van der Waals surface area (Å²) in [4.78, 5) is 18.5. The molecule has 1 atom stereocenters. The van der Waals surface area contributed by atoms with Gasteiger partial charge >= 0.3 is 5.97 Å². The van der Waals surface area contributed by atoms with Crippen LogP contribution in [-0.2, 0) is 11.2 Å². The molecule has 1 unspecified atom stereocenters. The fraction of sp³-hybridized carbons (Fsp3) is 0.323. The van der Waals surface area contributed by atoms with Crippen molar-refractivity contribution in [3.8, 4) is 34.0 Å². The second-order valence-corrected chi connectivity index (χ2v) is 10.3. The third-order valence-corrected chi connectivity index (χ3v) is 8.13. The first-order valence-corrected chi connectivity index (χ1v) is 13.1. The van der Waals surface area contributed by atoms with Crippen LogP contribution in [0.3, 0.4) is 0 Å². The maximum absolute atomic E-state index is 11.3. The summed E-state index contributed by atoms with van der Waals surface area (Å²) in [5.41, 5.74) is 8.09. The minimum Gasteiger partial charge on any atom is -0.481 e. The minimum atomic E-state index is -0.662. The van der Waals surface area contributed by atoms with Crippen LogP contribution in [0.1, 0.15) is 48.9 Å². The highest BCUT2D eigenvalue weighted by molar-refractivity contribution is 5.72. The van der Waals surface area contributed by atoms with Crippen LogP contribution in [0.25, 0.3) is 34.0 Å². The van der Waals surface area contributed by atoms with Crippen molar-refractivity contribution in [1.82, 2.24) is 15.0 Å². The fourth-order valence-electron chi connectivity index (χ4n) is 6.07. The van der Waals surface area contributed by atoms with E-state index in [1.165, 1.54) is 22.3 Å². The maximum atomic E-state index is 11.3. The van der Waals surface area contributed by atoms with Gasteiger partial charge in [-0.15, -0.1) is 0 Å². The van der Waals surface area contributed by atoms with Gasteiger partial charge in [-0.3, -0.25) is 9.69 Å². The van der Waals surface area contributed by atoms with Gasteiger partial charge in [-0.1, -0.05) is 60.6 Å². The maximum Gasteiger partial charge on any atom is 0.306 e. The summed E-state index contributed by atoms with van der Waals surface area (Å²) < 4.78 is 5.67. The Morgan fingerprint density at radius 1 is 1.03 bits per heavy atom.